The van der Waals surface area contributed by atoms with E-state index in [0.717, 1.165) is 29.8 Å². The number of aliphatic hydroxyl groups is 1. The molecule has 1 aliphatic carbocycles. The highest BCUT2D eigenvalue weighted by atomic mass is 16.3. The van der Waals surface area contributed by atoms with Crippen LogP contribution in [0.1, 0.15) is 29.8 Å². The van der Waals surface area contributed by atoms with Gasteiger partial charge in [0, 0.05) is 11.3 Å². The number of aromatic amines is 1. The summed E-state index contributed by atoms with van der Waals surface area (Å²) in [5.74, 6) is -0.0425. The highest BCUT2D eigenvalue weighted by Gasteiger charge is 2.43. The van der Waals surface area contributed by atoms with E-state index in [-0.39, 0.29) is 18.1 Å². The summed E-state index contributed by atoms with van der Waals surface area (Å²) < 4.78 is 0. The van der Waals surface area contributed by atoms with E-state index in [0.29, 0.717) is 6.42 Å². The Morgan fingerprint density at radius 3 is 2.69 bits per heavy atom. The maximum atomic E-state index is 11.8. The van der Waals surface area contributed by atoms with Gasteiger partial charge in [0.25, 0.3) is 0 Å². The molecule has 1 fully saturated rings. The molecule has 5 heteroatoms. The van der Waals surface area contributed by atoms with E-state index < -0.39 is 0 Å². The van der Waals surface area contributed by atoms with E-state index in [1.807, 2.05) is 13.8 Å². The molecule has 0 unspecified atom stereocenters. The molecule has 0 saturated heterocycles. The number of aromatic nitrogens is 2. The van der Waals surface area contributed by atoms with E-state index in [4.69, 9.17) is 5.11 Å². The van der Waals surface area contributed by atoms with Crippen molar-refractivity contribution in [2.75, 3.05) is 6.61 Å². The zero-order chi connectivity index (χ0) is 11.8. The van der Waals surface area contributed by atoms with Gasteiger partial charge in [0.1, 0.15) is 0 Å². The third-order valence-electron chi connectivity index (χ3n) is 3.18. The van der Waals surface area contributed by atoms with Crippen molar-refractivity contribution in [1.82, 2.24) is 15.5 Å². The second kappa shape index (κ2) is 3.90. The van der Waals surface area contributed by atoms with Gasteiger partial charge in [-0.3, -0.25) is 9.89 Å². The normalized spacial score (nSPS) is 17.2. The smallest absolute Gasteiger partial charge is 0.225 e. The molecule has 0 radical (unpaired) electrons. The summed E-state index contributed by atoms with van der Waals surface area (Å²) in [5, 5.41) is 18.9. The number of H-pyrrole nitrogens is 1. The number of aryl methyl sites for hydroxylation is 2. The number of rotatable bonds is 4. The molecule has 1 aliphatic rings. The Bertz CT molecular complexity index is 388. The molecule has 1 saturated carbocycles. The Hall–Kier alpha value is -1.36. The van der Waals surface area contributed by atoms with Crippen LogP contribution < -0.4 is 5.32 Å². The van der Waals surface area contributed by atoms with Crippen LogP contribution in [0.5, 0.6) is 0 Å². The third-order valence-corrected chi connectivity index (χ3v) is 3.18. The van der Waals surface area contributed by atoms with E-state index in [9.17, 15) is 4.79 Å². The lowest BCUT2D eigenvalue weighted by molar-refractivity contribution is -0.121. The van der Waals surface area contributed by atoms with Gasteiger partial charge in [0.15, 0.2) is 0 Å². The number of carbonyl (C=O) groups excluding carboxylic acids is 1. The Balaban J connectivity index is 1.98. The van der Waals surface area contributed by atoms with Gasteiger partial charge in [-0.1, -0.05) is 0 Å². The summed E-state index contributed by atoms with van der Waals surface area (Å²) in [6.07, 6.45) is 2.08. The van der Waals surface area contributed by atoms with Crippen molar-refractivity contribution >= 4 is 5.91 Å². The lowest BCUT2D eigenvalue weighted by atomic mass is 10.1. The Kier molecular flexibility index (Phi) is 2.71. The fraction of sp³-hybridized carbons (Fsp3) is 0.636. The first-order chi connectivity index (χ1) is 7.56. The minimum absolute atomic E-state index is 0.0299. The fourth-order valence-corrected chi connectivity index (χ4v) is 1.81. The van der Waals surface area contributed by atoms with Crippen LogP contribution in [0, 0.1) is 13.8 Å². The molecular formula is C11H17N3O2. The zero-order valence-electron chi connectivity index (χ0n) is 9.63. The van der Waals surface area contributed by atoms with Crippen LogP contribution in [0.2, 0.25) is 0 Å². The number of nitrogens with one attached hydrogen (secondary N) is 2. The molecule has 88 valence electrons. The summed E-state index contributed by atoms with van der Waals surface area (Å²) in [6.45, 7) is 3.81. The van der Waals surface area contributed by atoms with E-state index >= 15 is 0 Å². The van der Waals surface area contributed by atoms with Gasteiger partial charge >= 0.3 is 0 Å². The molecule has 0 atom stereocenters. The third kappa shape index (κ3) is 2.09. The summed E-state index contributed by atoms with van der Waals surface area (Å²) in [5.41, 5.74) is 2.41. The standard InChI is InChI=1S/C11H17N3O2/c1-7-9(8(2)14-13-7)5-10(16)12-11(6-15)3-4-11/h15H,3-6H2,1-2H3,(H,12,16)(H,13,14). The number of amides is 1. The monoisotopic (exact) mass is 223 g/mol. The van der Waals surface area contributed by atoms with Crippen molar-refractivity contribution in [2.24, 2.45) is 0 Å². The number of hydrogen-bond donors (Lipinski definition) is 3. The minimum Gasteiger partial charge on any atom is -0.394 e. The van der Waals surface area contributed by atoms with Crippen LogP contribution >= 0.6 is 0 Å². The van der Waals surface area contributed by atoms with Crippen molar-refractivity contribution in [3.63, 3.8) is 0 Å². The van der Waals surface area contributed by atoms with Crippen LogP contribution in [0.3, 0.4) is 0 Å². The van der Waals surface area contributed by atoms with Crippen molar-refractivity contribution in [2.45, 2.75) is 38.6 Å². The number of nitrogens with zero attached hydrogens (tertiary/aromatic N) is 1. The van der Waals surface area contributed by atoms with Crippen molar-refractivity contribution in [3.05, 3.63) is 17.0 Å². The average molecular weight is 223 g/mol. The molecule has 0 spiro atoms. The summed E-state index contributed by atoms with van der Waals surface area (Å²) in [7, 11) is 0. The van der Waals surface area contributed by atoms with E-state index in [1.54, 1.807) is 0 Å². The lowest BCUT2D eigenvalue weighted by Gasteiger charge is -2.14. The van der Waals surface area contributed by atoms with Gasteiger partial charge in [-0.05, 0) is 26.7 Å². The molecule has 1 aromatic rings. The number of aliphatic hydroxyl groups excluding tert-OH is 1. The minimum atomic E-state index is -0.331. The number of carbonyl (C=O) groups is 1. The molecule has 5 nitrogen and oxygen atoms in total. The first kappa shape index (κ1) is 11.1. The van der Waals surface area contributed by atoms with Crippen LogP contribution in [-0.4, -0.2) is 33.4 Å². The first-order valence-corrected chi connectivity index (χ1v) is 5.49. The molecule has 0 bridgehead atoms. The fourth-order valence-electron chi connectivity index (χ4n) is 1.81. The van der Waals surface area contributed by atoms with Gasteiger partial charge in [0.05, 0.1) is 24.3 Å². The van der Waals surface area contributed by atoms with E-state index in [1.165, 1.54) is 0 Å². The highest BCUT2D eigenvalue weighted by Crippen LogP contribution is 2.34. The molecular weight excluding hydrogens is 206 g/mol. The van der Waals surface area contributed by atoms with Gasteiger partial charge < -0.3 is 10.4 Å². The van der Waals surface area contributed by atoms with Crippen molar-refractivity contribution in [3.8, 4) is 0 Å². The summed E-state index contributed by atoms with van der Waals surface area (Å²) in [6, 6.07) is 0. The lowest BCUT2D eigenvalue weighted by Crippen LogP contribution is -2.40. The van der Waals surface area contributed by atoms with Gasteiger partial charge in [-0.2, -0.15) is 5.10 Å². The second-order valence-corrected chi connectivity index (χ2v) is 4.58. The van der Waals surface area contributed by atoms with Gasteiger partial charge in [-0.15, -0.1) is 0 Å². The topological polar surface area (TPSA) is 78.0 Å². The summed E-state index contributed by atoms with van der Waals surface area (Å²) >= 11 is 0. The zero-order valence-corrected chi connectivity index (χ0v) is 9.63. The molecule has 0 aromatic carbocycles. The quantitative estimate of drug-likeness (QED) is 0.683. The predicted octanol–water partition coefficient (Wildman–Crippen LogP) is 0.210. The average Bonchev–Trinajstić information content (AvgIpc) is 2.96. The molecule has 3 N–H and O–H groups in total. The molecule has 1 heterocycles. The Labute approximate surface area is 94.2 Å². The molecule has 1 aromatic heterocycles. The van der Waals surface area contributed by atoms with Crippen LogP contribution in [0.25, 0.3) is 0 Å². The second-order valence-electron chi connectivity index (χ2n) is 4.58. The molecule has 16 heavy (non-hydrogen) atoms. The van der Waals surface area contributed by atoms with E-state index in [2.05, 4.69) is 15.5 Å². The van der Waals surface area contributed by atoms with Crippen LogP contribution in [0.15, 0.2) is 0 Å². The maximum absolute atomic E-state index is 11.8. The first-order valence-electron chi connectivity index (χ1n) is 5.49. The number of hydrogen-bond acceptors (Lipinski definition) is 3. The van der Waals surface area contributed by atoms with Crippen molar-refractivity contribution < 1.29 is 9.90 Å². The molecule has 1 amide bonds. The summed E-state index contributed by atoms with van der Waals surface area (Å²) in [4.78, 5) is 11.8. The highest BCUT2D eigenvalue weighted by molar-refractivity contribution is 5.80. The molecule has 0 aliphatic heterocycles. The van der Waals surface area contributed by atoms with Gasteiger partial charge in [-0.25, -0.2) is 0 Å². The predicted molar refractivity (Wildman–Crippen MR) is 59.0 cm³/mol. The largest absolute Gasteiger partial charge is 0.394 e. The maximum Gasteiger partial charge on any atom is 0.225 e. The SMILES string of the molecule is Cc1n[nH]c(C)c1CC(=O)NC1(CO)CC1. The van der Waals surface area contributed by atoms with Crippen molar-refractivity contribution in [1.29, 1.82) is 0 Å². The van der Waals surface area contributed by atoms with Crippen LogP contribution in [0.4, 0.5) is 0 Å². The van der Waals surface area contributed by atoms with Gasteiger partial charge in [0.2, 0.25) is 5.91 Å². The molecule has 2 rings (SSSR count). The Morgan fingerprint density at radius 2 is 2.25 bits per heavy atom. The van der Waals surface area contributed by atoms with Crippen LogP contribution in [-0.2, 0) is 11.2 Å². The Morgan fingerprint density at radius 1 is 1.56 bits per heavy atom.